The van der Waals surface area contributed by atoms with Crippen molar-refractivity contribution in [2.45, 2.75) is 219 Å². The highest BCUT2D eigenvalue weighted by atomic mass is 16.8. The van der Waals surface area contributed by atoms with Crippen molar-refractivity contribution in [1.29, 1.82) is 0 Å². The Kier molecular flexibility index (Phi) is 14.5. The number of aliphatic hydroxyl groups is 2. The van der Waals surface area contributed by atoms with E-state index in [0.29, 0.717) is 44.1 Å². The molecule has 0 radical (unpaired) electrons. The van der Waals surface area contributed by atoms with Gasteiger partial charge in [-0.15, -0.1) is 0 Å². The van der Waals surface area contributed by atoms with E-state index in [4.69, 9.17) is 37.9 Å². The van der Waals surface area contributed by atoms with Crippen LogP contribution in [0.2, 0.25) is 0 Å². The number of rotatable bonds is 12. The third-order valence-electron chi connectivity index (χ3n) is 15.8. The van der Waals surface area contributed by atoms with Crippen molar-refractivity contribution in [3.8, 4) is 0 Å². The zero-order valence-corrected chi connectivity index (χ0v) is 38.7. The molecule has 6 aliphatic rings. The van der Waals surface area contributed by atoms with Crippen LogP contribution in [0, 0.1) is 47.3 Å². The van der Waals surface area contributed by atoms with Gasteiger partial charge in [0, 0.05) is 68.3 Å². The number of ether oxygens (including phenoxy) is 8. The zero-order valence-electron chi connectivity index (χ0n) is 38.7. The fourth-order valence-electron chi connectivity index (χ4n) is 11.6. The second kappa shape index (κ2) is 18.2. The molecule has 344 valence electrons. The van der Waals surface area contributed by atoms with E-state index in [0.717, 1.165) is 12.8 Å². The molecule has 6 saturated heterocycles. The number of carbonyl (C=O) groups is 2. The molecule has 0 saturated carbocycles. The molecule has 6 aliphatic heterocycles. The van der Waals surface area contributed by atoms with Gasteiger partial charge in [0.15, 0.2) is 29.4 Å². The molecular weight excluding hydrogens is 773 g/mol. The van der Waals surface area contributed by atoms with Gasteiger partial charge in [-0.25, -0.2) is 0 Å². The molecule has 3 N–H and O–H groups in total. The monoisotopic (exact) mass is 851 g/mol. The van der Waals surface area contributed by atoms with Gasteiger partial charge in [0.05, 0.1) is 60.4 Å². The summed E-state index contributed by atoms with van der Waals surface area (Å²) < 4.78 is 54.1. The van der Waals surface area contributed by atoms with Gasteiger partial charge in [0.25, 0.3) is 0 Å². The molecule has 6 heterocycles. The van der Waals surface area contributed by atoms with Crippen LogP contribution in [-0.2, 0) is 47.5 Å². The molecule has 6 rings (SSSR count). The van der Waals surface area contributed by atoms with Crippen LogP contribution >= 0.6 is 0 Å². The summed E-state index contributed by atoms with van der Waals surface area (Å²) in [6.07, 6.45) is 4.09. The van der Waals surface area contributed by atoms with Gasteiger partial charge in [-0.3, -0.25) is 9.59 Å². The van der Waals surface area contributed by atoms with E-state index in [9.17, 15) is 24.9 Å². The van der Waals surface area contributed by atoms with E-state index in [1.807, 2.05) is 33.8 Å². The van der Waals surface area contributed by atoms with Crippen molar-refractivity contribution in [1.82, 2.24) is 0 Å². The molecule has 13 heteroatoms. The van der Waals surface area contributed by atoms with Crippen molar-refractivity contribution >= 4 is 11.8 Å². The third-order valence-corrected chi connectivity index (χ3v) is 15.8. The van der Waals surface area contributed by atoms with Gasteiger partial charge in [0.2, 0.25) is 0 Å². The second-order valence-corrected chi connectivity index (χ2v) is 20.7. The Labute approximate surface area is 358 Å². The summed E-state index contributed by atoms with van der Waals surface area (Å²) in [5.74, 6) is -5.99. The number of carboxylic acid groups (broad SMARTS) is 1. The van der Waals surface area contributed by atoms with E-state index in [1.54, 1.807) is 34.8 Å². The molecule has 6 fully saturated rings. The van der Waals surface area contributed by atoms with Crippen molar-refractivity contribution in [2.75, 3.05) is 7.11 Å². The van der Waals surface area contributed by atoms with Crippen LogP contribution in [0.15, 0.2) is 11.6 Å². The molecule has 21 atom stereocenters. The van der Waals surface area contributed by atoms with E-state index < -0.39 is 65.4 Å². The predicted molar refractivity (Wildman–Crippen MR) is 222 cm³/mol. The first-order valence-corrected chi connectivity index (χ1v) is 23.1. The van der Waals surface area contributed by atoms with Gasteiger partial charge in [0.1, 0.15) is 0 Å². The first-order chi connectivity index (χ1) is 27.9. The average molecular weight is 851 g/mol. The second-order valence-electron chi connectivity index (χ2n) is 20.7. The van der Waals surface area contributed by atoms with Crippen molar-refractivity contribution in [3.63, 3.8) is 0 Å². The molecule has 21 unspecified atom stereocenters. The first kappa shape index (κ1) is 47.9. The van der Waals surface area contributed by atoms with Gasteiger partial charge >= 0.3 is 5.97 Å². The van der Waals surface area contributed by atoms with Crippen LogP contribution in [0.4, 0.5) is 0 Å². The lowest BCUT2D eigenvalue weighted by Gasteiger charge is -2.54. The highest BCUT2D eigenvalue weighted by molar-refractivity contribution is 5.96. The molecule has 0 aromatic carbocycles. The SMILES string of the molecule is COC1CCC(OC2CC(C3(C)CCC4(CC(O)C(C)C(C(C)/C=C(\C)C(=O)C(C)CC(C)C(=O)O)O4)O3)OC3(OC(C4OC(C)(O)C(C)CC4C)CC3C)C2C)OC1C. The first-order valence-electron chi connectivity index (χ1n) is 23.1. The summed E-state index contributed by atoms with van der Waals surface area (Å²) in [7, 11) is 1.72. The van der Waals surface area contributed by atoms with Crippen LogP contribution in [0.3, 0.4) is 0 Å². The zero-order chi connectivity index (χ0) is 44.3. The Morgan fingerprint density at radius 1 is 0.883 bits per heavy atom. The predicted octanol–water partition coefficient (Wildman–Crippen LogP) is 7.18. The standard InChI is InChI=1S/C47H78O13/c1-24(40(49)25(2)19-28(5)43(50)51)18-26(3)41-31(8)34(48)23-46(59-41)17-16-44(11,60-46)38-22-36(55-39-15-14-35(53-13)33(10)54-39)32(9)47(57-38)30(7)21-37(56-47)42-27(4)20-29(6)45(12,52)58-42/h18,25-39,41-42,48,52H,14-17,19-23H2,1-13H3,(H,50,51)/b24-18+. The summed E-state index contributed by atoms with van der Waals surface area (Å²) in [4.78, 5) is 24.8. The molecule has 13 nitrogen and oxygen atoms in total. The number of ketones is 1. The number of carbonyl (C=O) groups excluding carboxylic acids is 1. The summed E-state index contributed by atoms with van der Waals surface area (Å²) >= 11 is 0. The highest BCUT2D eigenvalue weighted by Crippen LogP contribution is 2.56. The number of aliphatic carboxylic acids is 1. The highest BCUT2D eigenvalue weighted by Gasteiger charge is 2.65. The molecule has 0 bridgehead atoms. The van der Waals surface area contributed by atoms with Gasteiger partial charge < -0.3 is 53.2 Å². The lowest BCUT2D eigenvalue weighted by atomic mass is 9.76. The van der Waals surface area contributed by atoms with Crippen LogP contribution in [0.1, 0.15) is 141 Å². The molecule has 60 heavy (non-hydrogen) atoms. The Bertz CT molecular complexity index is 1550. The fourth-order valence-corrected chi connectivity index (χ4v) is 11.6. The van der Waals surface area contributed by atoms with E-state index in [-0.39, 0.29) is 78.2 Å². The number of allylic oxidation sites excluding steroid dienone is 1. The van der Waals surface area contributed by atoms with Crippen LogP contribution in [-0.4, -0.2) is 112 Å². The van der Waals surface area contributed by atoms with Crippen molar-refractivity contribution in [2.24, 2.45) is 47.3 Å². The molecular formula is C47H78O13. The smallest absolute Gasteiger partial charge is 0.306 e. The lowest BCUT2D eigenvalue weighted by molar-refractivity contribution is -0.389. The van der Waals surface area contributed by atoms with Gasteiger partial charge in [-0.05, 0) is 71.3 Å². The van der Waals surface area contributed by atoms with Crippen LogP contribution < -0.4 is 0 Å². The maximum absolute atomic E-state index is 13.4. The summed E-state index contributed by atoms with van der Waals surface area (Å²) in [5, 5.41) is 32.2. The Morgan fingerprint density at radius 2 is 1.58 bits per heavy atom. The number of carboxylic acids is 1. The fraction of sp³-hybridized carbons (Fsp3) is 0.915. The third kappa shape index (κ3) is 9.47. The van der Waals surface area contributed by atoms with E-state index in [2.05, 4.69) is 27.7 Å². The minimum Gasteiger partial charge on any atom is -0.481 e. The lowest BCUT2D eigenvalue weighted by Crippen LogP contribution is -2.63. The molecule has 0 aromatic heterocycles. The largest absolute Gasteiger partial charge is 0.481 e. The Balaban J connectivity index is 1.24. The van der Waals surface area contributed by atoms with E-state index >= 15 is 0 Å². The van der Waals surface area contributed by atoms with Crippen LogP contribution in [0.25, 0.3) is 0 Å². The summed E-state index contributed by atoms with van der Waals surface area (Å²) in [5.41, 5.74) is -0.280. The maximum atomic E-state index is 13.4. The van der Waals surface area contributed by atoms with Crippen LogP contribution in [0.5, 0.6) is 0 Å². The van der Waals surface area contributed by atoms with E-state index in [1.165, 1.54) is 0 Å². The molecule has 0 aromatic rings. The van der Waals surface area contributed by atoms with Gasteiger partial charge in [-0.1, -0.05) is 61.5 Å². The summed E-state index contributed by atoms with van der Waals surface area (Å²) in [6, 6.07) is 0. The topological polar surface area (TPSA) is 169 Å². The number of hydrogen-bond acceptors (Lipinski definition) is 12. The summed E-state index contributed by atoms with van der Waals surface area (Å²) in [6.45, 7) is 23.5. The van der Waals surface area contributed by atoms with Crippen molar-refractivity contribution < 1.29 is 62.8 Å². The minimum absolute atomic E-state index is 0.00518. The number of methoxy groups -OCH3 is 1. The Hall–Kier alpha value is -1.52. The number of Topliss-reactive ketones (excluding diaryl/α,β-unsaturated/α-hetero) is 1. The van der Waals surface area contributed by atoms with Crippen molar-refractivity contribution in [3.05, 3.63) is 11.6 Å². The maximum Gasteiger partial charge on any atom is 0.306 e. The molecule has 2 spiro atoms. The minimum atomic E-state index is -1.26. The quantitative estimate of drug-likeness (QED) is 0.169. The normalized spacial score (nSPS) is 49.2. The number of hydrogen-bond donors (Lipinski definition) is 3. The molecule has 0 aliphatic carbocycles. The average Bonchev–Trinajstić information content (AvgIpc) is 3.68. The molecule has 0 amide bonds. The number of aliphatic hydroxyl groups excluding tert-OH is 1. The van der Waals surface area contributed by atoms with Gasteiger partial charge in [-0.2, -0.15) is 0 Å². The Morgan fingerprint density at radius 3 is 2.23 bits per heavy atom.